The van der Waals surface area contributed by atoms with Crippen molar-refractivity contribution >= 4 is 27.8 Å². The van der Waals surface area contributed by atoms with Crippen molar-refractivity contribution in [2.75, 3.05) is 0 Å². The summed E-state index contributed by atoms with van der Waals surface area (Å²) in [5.41, 5.74) is 1.18. The van der Waals surface area contributed by atoms with Crippen molar-refractivity contribution in [1.82, 2.24) is 5.32 Å². The summed E-state index contributed by atoms with van der Waals surface area (Å²) in [5.74, 6) is -1.09. The quantitative estimate of drug-likeness (QED) is 0.853. The van der Waals surface area contributed by atoms with Crippen LogP contribution in [0.3, 0.4) is 0 Å². The molecule has 21 heavy (non-hydrogen) atoms. The summed E-state index contributed by atoms with van der Waals surface area (Å²) in [6, 6.07) is 5.99. The molecule has 2 N–H and O–H groups in total. The third-order valence-corrected chi connectivity index (χ3v) is 5.00. The number of nitrogens with one attached hydrogen (secondary N) is 1. The second-order valence-electron chi connectivity index (χ2n) is 5.73. The van der Waals surface area contributed by atoms with Gasteiger partial charge in [0.2, 0.25) is 5.91 Å². The van der Waals surface area contributed by atoms with Crippen LogP contribution in [0.5, 0.6) is 0 Å². The van der Waals surface area contributed by atoms with Crippen molar-refractivity contribution in [3.63, 3.8) is 0 Å². The Morgan fingerprint density at radius 2 is 2.00 bits per heavy atom. The van der Waals surface area contributed by atoms with Crippen molar-refractivity contribution in [3.8, 4) is 0 Å². The number of hydrogen-bond acceptors (Lipinski definition) is 2. The fraction of sp³-hybridized carbons (Fsp3) is 0.500. The molecule has 0 aromatic heterocycles. The van der Waals surface area contributed by atoms with Gasteiger partial charge in [-0.2, -0.15) is 0 Å². The summed E-state index contributed by atoms with van der Waals surface area (Å²) in [7, 11) is 0. The highest BCUT2D eigenvalue weighted by atomic mass is 79.9. The first-order valence-corrected chi connectivity index (χ1v) is 8.02. The molecule has 0 heterocycles. The highest BCUT2D eigenvalue weighted by Crippen LogP contribution is 2.30. The van der Waals surface area contributed by atoms with Crippen LogP contribution in [0.25, 0.3) is 0 Å². The van der Waals surface area contributed by atoms with Gasteiger partial charge in [0.1, 0.15) is 5.54 Å². The normalized spacial score (nSPS) is 16.7. The van der Waals surface area contributed by atoms with Crippen LogP contribution in [0.4, 0.5) is 0 Å². The maximum absolute atomic E-state index is 12.1. The van der Waals surface area contributed by atoms with Gasteiger partial charge in [0.25, 0.3) is 0 Å². The van der Waals surface area contributed by atoms with Gasteiger partial charge in [-0.15, -0.1) is 0 Å². The lowest BCUT2D eigenvalue weighted by atomic mass is 9.97. The van der Waals surface area contributed by atoms with Gasteiger partial charge in [0.15, 0.2) is 0 Å². The first kappa shape index (κ1) is 16.0. The zero-order chi connectivity index (χ0) is 15.5. The highest BCUT2D eigenvalue weighted by molar-refractivity contribution is 9.10. The number of rotatable bonds is 5. The average molecular weight is 354 g/mol. The number of halogens is 1. The monoisotopic (exact) mass is 353 g/mol. The van der Waals surface area contributed by atoms with E-state index in [0.29, 0.717) is 25.7 Å². The molecule has 5 heteroatoms. The van der Waals surface area contributed by atoms with E-state index >= 15 is 0 Å². The molecular formula is C16H20BrNO3. The maximum Gasteiger partial charge on any atom is 0.329 e. The topological polar surface area (TPSA) is 66.4 Å². The Hall–Kier alpha value is -1.36. The van der Waals surface area contributed by atoms with Gasteiger partial charge in [-0.25, -0.2) is 4.79 Å². The Labute approximate surface area is 133 Å². The number of aryl methyl sites for hydroxylation is 2. The molecule has 0 aliphatic heterocycles. The molecule has 4 nitrogen and oxygen atoms in total. The van der Waals surface area contributed by atoms with Crippen molar-refractivity contribution in [3.05, 3.63) is 33.8 Å². The van der Waals surface area contributed by atoms with Crippen LogP contribution in [0.1, 0.15) is 43.2 Å². The number of carbonyl (C=O) groups is 2. The summed E-state index contributed by atoms with van der Waals surface area (Å²) in [4.78, 5) is 23.4. The summed E-state index contributed by atoms with van der Waals surface area (Å²) in [6.07, 6.45) is 3.72. The summed E-state index contributed by atoms with van der Waals surface area (Å²) >= 11 is 3.45. The van der Waals surface area contributed by atoms with E-state index in [-0.39, 0.29) is 5.91 Å². The molecule has 1 aliphatic carbocycles. The van der Waals surface area contributed by atoms with Crippen LogP contribution in [0, 0.1) is 6.92 Å². The van der Waals surface area contributed by atoms with Crippen molar-refractivity contribution < 1.29 is 14.7 Å². The molecule has 0 saturated heterocycles. The van der Waals surface area contributed by atoms with Crippen LogP contribution in [-0.2, 0) is 16.0 Å². The Bertz CT molecular complexity index is 550. The smallest absolute Gasteiger partial charge is 0.329 e. The third-order valence-electron chi connectivity index (χ3n) is 4.11. The first-order valence-electron chi connectivity index (χ1n) is 7.22. The second-order valence-corrected chi connectivity index (χ2v) is 6.58. The van der Waals surface area contributed by atoms with E-state index in [0.717, 1.165) is 28.4 Å². The molecule has 1 amide bonds. The van der Waals surface area contributed by atoms with Crippen LogP contribution >= 0.6 is 15.9 Å². The van der Waals surface area contributed by atoms with Crippen LogP contribution in [0.2, 0.25) is 0 Å². The Morgan fingerprint density at radius 1 is 1.33 bits per heavy atom. The van der Waals surface area contributed by atoms with E-state index in [1.54, 1.807) is 0 Å². The Morgan fingerprint density at radius 3 is 2.57 bits per heavy atom. The molecule has 1 aromatic rings. The van der Waals surface area contributed by atoms with E-state index in [1.165, 1.54) is 0 Å². The molecule has 0 atom stereocenters. The predicted molar refractivity (Wildman–Crippen MR) is 84.2 cm³/mol. The summed E-state index contributed by atoms with van der Waals surface area (Å²) in [5, 5.41) is 12.1. The number of hydrogen-bond donors (Lipinski definition) is 2. The minimum absolute atomic E-state index is 0.181. The largest absolute Gasteiger partial charge is 0.480 e. The molecule has 0 bridgehead atoms. The minimum atomic E-state index is -1.04. The maximum atomic E-state index is 12.1. The highest BCUT2D eigenvalue weighted by Gasteiger charge is 2.42. The van der Waals surface area contributed by atoms with E-state index < -0.39 is 11.5 Å². The number of carboxylic acid groups (broad SMARTS) is 1. The Kier molecular flexibility index (Phi) is 5.04. The van der Waals surface area contributed by atoms with Gasteiger partial charge in [-0.1, -0.05) is 40.9 Å². The number of carbonyl (C=O) groups excluding carboxylic acids is 1. The zero-order valence-corrected chi connectivity index (χ0v) is 13.7. The molecule has 0 spiro atoms. The zero-order valence-electron chi connectivity index (χ0n) is 12.1. The lowest BCUT2D eigenvalue weighted by molar-refractivity contribution is -0.147. The van der Waals surface area contributed by atoms with Gasteiger partial charge in [0.05, 0.1) is 0 Å². The number of aliphatic carboxylic acids is 1. The van der Waals surface area contributed by atoms with E-state index in [1.807, 2.05) is 25.1 Å². The van der Waals surface area contributed by atoms with Crippen LogP contribution in [0.15, 0.2) is 22.7 Å². The Balaban J connectivity index is 1.92. The number of carboxylic acids is 1. The standard InChI is InChI=1S/C16H20BrNO3/c1-11-10-12(4-6-13(11)17)5-7-14(19)18-16(15(20)21)8-2-3-9-16/h4,6,10H,2-3,5,7-9H2,1H3,(H,18,19)(H,20,21). The van der Waals surface area contributed by atoms with Crippen LogP contribution in [-0.4, -0.2) is 22.5 Å². The molecule has 0 radical (unpaired) electrons. The van der Waals surface area contributed by atoms with Gasteiger partial charge >= 0.3 is 5.97 Å². The number of benzene rings is 1. The van der Waals surface area contributed by atoms with Gasteiger partial charge in [0, 0.05) is 10.9 Å². The minimum Gasteiger partial charge on any atom is -0.480 e. The van der Waals surface area contributed by atoms with E-state index in [9.17, 15) is 14.7 Å². The van der Waals surface area contributed by atoms with Gasteiger partial charge < -0.3 is 10.4 Å². The average Bonchev–Trinajstić information content (AvgIpc) is 2.90. The van der Waals surface area contributed by atoms with Gasteiger partial charge in [-0.05, 0) is 43.4 Å². The van der Waals surface area contributed by atoms with E-state index in [2.05, 4.69) is 21.2 Å². The predicted octanol–water partition coefficient (Wildman–Crippen LogP) is 3.20. The molecule has 2 rings (SSSR count). The van der Waals surface area contributed by atoms with Crippen molar-refractivity contribution in [1.29, 1.82) is 0 Å². The first-order chi connectivity index (χ1) is 9.93. The van der Waals surface area contributed by atoms with Gasteiger partial charge in [-0.3, -0.25) is 4.79 Å². The lowest BCUT2D eigenvalue weighted by Crippen LogP contribution is -2.52. The van der Waals surface area contributed by atoms with Crippen molar-refractivity contribution in [2.24, 2.45) is 0 Å². The number of amides is 1. The van der Waals surface area contributed by atoms with Crippen LogP contribution < -0.4 is 5.32 Å². The second kappa shape index (κ2) is 6.60. The lowest BCUT2D eigenvalue weighted by Gasteiger charge is -2.25. The van der Waals surface area contributed by atoms with E-state index in [4.69, 9.17) is 0 Å². The molecule has 0 unspecified atom stereocenters. The SMILES string of the molecule is Cc1cc(CCC(=O)NC2(C(=O)O)CCCC2)ccc1Br. The van der Waals surface area contributed by atoms with Crippen molar-refractivity contribution in [2.45, 2.75) is 51.0 Å². The molecule has 1 aliphatic rings. The third kappa shape index (κ3) is 3.84. The molecule has 1 fully saturated rings. The fourth-order valence-corrected chi connectivity index (χ4v) is 3.07. The molecule has 1 saturated carbocycles. The summed E-state index contributed by atoms with van der Waals surface area (Å²) in [6.45, 7) is 2.01. The fourth-order valence-electron chi connectivity index (χ4n) is 2.82. The molecule has 114 valence electrons. The molecule has 1 aromatic carbocycles. The molecular weight excluding hydrogens is 334 g/mol. The summed E-state index contributed by atoms with van der Waals surface area (Å²) < 4.78 is 1.05.